The van der Waals surface area contributed by atoms with Crippen LogP contribution in [0.15, 0.2) is 89.2 Å². The van der Waals surface area contributed by atoms with Gasteiger partial charge in [-0.05, 0) is 94.5 Å². The Morgan fingerprint density at radius 3 is 1.69 bits per heavy atom. The fourth-order valence-electron chi connectivity index (χ4n) is 12.4. The second-order valence-corrected chi connectivity index (χ2v) is 27.2. The highest BCUT2D eigenvalue weighted by Gasteiger charge is 2.45. The molecule has 0 saturated carbocycles. The average molecular weight is 1580 g/mol. The van der Waals surface area contributed by atoms with Crippen molar-refractivity contribution in [1.29, 1.82) is 0 Å². The number of aliphatic hydroxyl groups excluding tert-OH is 1. The van der Waals surface area contributed by atoms with E-state index in [1.54, 1.807) is 67.6 Å². The maximum absolute atomic E-state index is 14.4. The number of carbonyl (C=O) groups is 10. The van der Waals surface area contributed by atoms with Gasteiger partial charge < -0.3 is 109 Å². The Labute approximate surface area is 656 Å². The minimum atomic E-state index is -1.56. The molecule has 113 heavy (non-hydrogen) atoms. The standard InChI is InChI=1S/C78H107N11O24/c1-51(2)71(85-68(91)19-25-103-27-29-105-31-33-107-35-37-109-39-40-110-38-36-108-34-32-106-30-28-104-26-21-80-67(90)18-22-86-69(92)16-17-70(86)93)73(95)84-59(11-10-20-81-77(79)99)72(94)83-55-14-12-54(13-15-55)50-113-78(100)89-61-46-66(64(102-6)44-58(61)75(97)88-49-53(4)42-62(88)76(89)98)112-24-9-7-8-23-111-65-45-60-57(43-63(65)101-5)74(96)87-48-52(3)41-56(87)47-82-60/h12-17,43-49,51,56,59,62,71,76,98H,7-11,18-42,50H2,1-6H3,(H,80,90)(H,83,94)(H,84,95)(H,85,91)(H3,79,81,99)/t56-,59-,62-,71-,76-/m0/s1. The van der Waals surface area contributed by atoms with Gasteiger partial charge in [0.25, 0.3) is 23.6 Å². The summed E-state index contributed by atoms with van der Waals surface area (Å²) in [6, 6.07) is 8.76. The molecular weight excluding hydrogens is 1470 g/mol. The summed E-state index contributed by atoms with van der Waals surface area (Å²) >= 11 is 0. The van der Waals surface area contributed by atoms with E-state index >= 15 is 0 Å². The molecule has 35 nitrogen and oxygen atoms in total. The molecule has 8 rings (SSSR count). The molecular formula is C78H107N11O24. The number of amides is 11. The molecule has 0 unspecified atom stereocenters. The number of carbonyl (C=O) groups excluding carboxylic acids is 10. The van der Waals surface area contributed by atoms with E-state index in [-0.39, 0.29) is 119 Å². The van der Waals surface area contributed by atoms with Crippen molar-refractivity contribution in [2.24, 2.45) is 16.6 Å². The monoisotopic (exact) mass is 1580 g/mol. The van der Waals surface area contributed by atoms with Crippen LogP contribution in [-0.4, -0.2) is 269 Å². The molecule has 5 aliphatic heterocycles. The van der Waals surface area contributed by atoms with Gasteiger partial charge in [-0.3, -0.25) is 48.2 Å². The largest absolute Gasteiger partial charge is 0.493 e. The number of ether oxygens (including phenoxy) is 13. The van der Waals surface area contributed by atoms with E-state index in [0.29, 0.717) is 159 Å². The summed E-state index contributed by atoms with van der Waals surface area (Å²) in [6.07, 6.45) is 8.25. The van der Waals surface area contributed by atoms with Crippen LogP contribution in [0.1, 0.15) is 112 Å². The molecule has 3 aromatic rings. The first-order chi connectivity index (χ1) is 54.6. The summed E-state index contributed by atoms with van der Waals surface area (Å²) in [5.74, 6) is -2.53. The predicted octanol–water partition coefficient (Wildman–Crippen LogP) is 4.73. The topological polar surface area (TPSA) is 422 Å². The average Bonchev–Trinajstić information content (AvgIpc) is 1.61. The molecule has 0 aliphatic carbocycles. The number of hydrogen-bond acceptors (Lipinski definition) is 25. The van der Waals surface area contributed by atoms with Crippen LogP contribution >= 0.6 is 0 Å². The first-order valence-electron chi connectivity index (χ1n) is 38.0. The van der Waals surface area contributed by atoms with Crippen LogP contribution in [-0.2, 0) is 78.0 Å². The van der Waals surface area contributed by atoms with Crippen molar-refractivity contribution in [3.05, 3.63) is 101 Å². The summed E-state index contributed by atoms with van der Waals surface area (Å²) < 4.78 is 73.7. The van der Waals surface area contributed by atoms with Gasteiger partial charge >= 0.3 is 12.1 Å². The van der Waals surface area contributed by atoms with Gasteiger partial charge in [-0.2, -0.15) is 0 Å². The molecule has 3 aromatic carbocycles. The number of nitrogens with two attached hydrogens (primary N) is 1. The van der Waals surface area contributed by atoms with E-state index in [0.717, 1.165) is 20.9 Å². The van der Waals surface area contributed by atoms with Crippen LogP contribution in [0, 0.1) is 5.92 Å². The number of urea groups is 1. The Morgan fingerprint density at radius 2 is 1.12 bits per heavy atom. The Balaban J connectivity index is 0.691. The minimum Gasteiger partial charge on any atom is -0.493 e. The first-order valence-corrected chi connectivity index (χ1v) is 38.0. The van der Waals surface area contributed by atoms with Crippen molar-refractivity contribution in [3.63, 3.8) is 0 Å². The maximum atomic E-state index is 14.4. The molecule has 0 saturated heterocycles. The number of methoxy groups -OCH3 is 2. The van der Waals surface area contributed by atoms with Crippen LogP contribution < -0.4 is 56.2 Å². The number of aliphatic hydroxyl groups is 1. The van der Waals surface area contributed by atoms with Crippen molar-refractivity contribution in [3.8, 4) is 23.0 Å². The molecule has 0 fully saturated rings. The highest BCUT2D eigenvalue weighted by molar-refractivity contribution is 6.13. The number of primary amides is 1. The van der Waals surface area contributed by atoms with Crippen molar-refractivity contribution < 1.29 is 115 Å². The summed E-state index contributed by atoms with van der Waals surface area (Å²) in [4.78, 5) is 139. The molecule has 0 aromatic heterocycles. The lowest BCUT2D eigenvalue weighted by Crippen LogP contribution is -2.54. The van der Waals surface area contributed by atoms with Crippen LogP contribution in [0.3, 0.4) is 0 Å². The molecule has 8 N–H and O–H groups in total. The number of nitrogens with zero attached hydrogens (tertiary/aromatic N) is 5. The lowest BCUT2D eigenvalue weighted by Gasteiger charge is -2.31. The molecule has 0 radical (unpaired) electrons. The van der Waals surface area contributed by atoms with Crippen molar-refractivity contribution in [2.75, 3.05) is 163 Å². The van der Waals surface area contributed by atoms with E-state index in [9.17, 15) is 53.1 Å². The second kappa shape index (κ2) is 46.8. The summed E-state index contributed by atoms with van der Waals surface area (Å²) in [6.45, 7) is 13.1. The molecule has 618 valence electrons. The number of anilines is 2. The molecule has 5 heterocycles. The lowest BCUT2D eigenvalue weighted by molar-refractivity contribution is -0.137. The van der Waals surface area contributed by atoms with E-state index < -0.39 is 77.8 Å². The molecule has 5 aliphatic rings. The molecule has 0 spiro atoms. The van der Waals surface area contributed by atoms with Gasteiger partial charge in [-0.15, -0.1) is 0 Å². The van der Waals surface area contributed by atoms with Gasteiger partial charge in [-0.1, -0.05) is 37.1 Å². The number of imide groups is 1. The van der Waals surface area contributed by atoms with Crippen LogP contribution in [0.2, 0.25) is 0 Å². The number of aliphatic imine (C=N–C) groups is 1. The number of rotatable bonds is 52. The number of unbranched alkanes of at least 4 members (excludes halogenated alkanes) is 2. The third-order valence-corrected chi connectivity index (χ3v) is 18.3. The zero-order valence-corrected chi connectivity index (χ0v) is 65.0. The Kier molecular flexibility index (Phi) is 36.6. The van der Waals surface area contributed by atoms with E-state index in [4.69, 9.17) is 67.3 Å². The molecule has 35 heteroatoms. The zero-order chi connectivity index (χ0) is 81.0. The van der Waals surface area contributed by atoms with E-state index in [1.807, 2.05) is 20.0 Å². The fourth-order valence-corrected chi connectivity index (χ4v) is 12.4. The van der Waals surface area contributed by atoms with E-state index in [2.05, 4.69) is 31.6 Å². The lowest BCUT2D eigenvalue weighted by atomic mass is 10.0. The van der Waals surface area contributed by atoms with Gasteiger partial charge in [0.2, 0.25) is 23.6 Å². The number of fused-ring (bicyclic) bond motifs is 4. The maximum Gasteiger partial charge on any atom is 0.416 e. The molecule has 0 bridgehead atoms. The Bertz CT molecular complexity index is 3820. The Morgan fingerprint density at radius 1 is 0.575 bits per heavy atom. The second-order valence-electron chi connectivity index (χ2n) is 27.2. The smallest absolute Gasteiger partial charge is 0.416 e. The predicted molar refractivity (Wildman–Crippen MR) is 410 cm³/mol. The molecule has 5 atom stereocenters. The fraction of sp³-hybridized carbons (Fsp3) is 0.551. The molecule has 11 amide bonds. The van der Waals surface area contributed by atoms with Crippen LogP contribution in [0.4, 0.5) is 26.7 Å². The van der Waals surface area contributed by atoms with Gasteiger partial charge in [0, 0.05) is 81.1 Å². The summed E-state index contributed by atoms with van der Waals surface area (Å²) in [7, 11) is 2.95. The van der Waals surface area contributed by atoms with Gasteiger partial charge in [0.15, 0.2) is 29.2 Å². The van der Waals surface area contributed by atoms with Gasteiger partial charge in [0.1, 0.15) is 18.7 Å². The van der Waals surface area contributed by atoms with Crippen molar-refractivity contribution in [2.45, 2.75) is 122 Å². The minimum absolute atomic E-state index is 0.0187. The highest BCUT2D eigenvalue weighted by atomic mass is 16.6. The Hall–Kier alpha value is -10.1. The van der Waals surface area contributed by atoms with Crippen molar-refractivity contribution >= 4 is 82.7 Å². The normalized spacial score (nSPS) is 16.7. The number of hydrogen-bond donors (Lipinski definition) is 7. The van der Waals surface area contributed by atoms with Crippen LogP contribution in [0.25, 0.3) is 0 Å². The van der Waals surface area contributed by atoms with Crippen LogP contribution in [0.5, 0.6) is 23.0 Å². The SMILES string of the molecule is COc1cc2c(cc1OCCCCCOc1cc3c(cc1OC)C(=O)N1C=C(C)C[C@H]1[C@H](O)N3C(=O)OCc1ccc(NC(=O)[C@H](CCCNC(N)=O)NC(=O)[C@@H](NC(=O)CCOCCOCCOCCOCCOCCOCCOCCOCCNC(=O)CCN3C(=O)C=CC3=O)C(C)C)cc1)N=C[C@@H]1CC(C)=CN1C2=O. The van der Waals surface area contributed by atoms with Crippen molar-refractivity contribution in [1.82, 2.24) is 36.0 Å². The number of benzene rings is 3. The summed E-state index contributed by atoms with van der Waals surface area (Å²) in [5.41, 5.74) is 9.01. The third kappa shape index (κ3) is 27.9. The van der Waals surface area contributed by atoms with Gasteiger partial charge in [-0.25, -0.2) is 14.5 Å². The van der Waals surface area contributed by atoms with Gasteiger partial charge in [0.05, 0.1) is 168 Å². The highest BCUT2D eigenvalue weighted by Crippen LogP contribution is 2.43. The summed E-state index contributed by atoms with van der Waals surface area (Å²) in [5, 5.41) is 25.5. The quantitative estimate of drug-likeness (QED) is 0.0297. The third-order valence-electron chi connectivity index (χ3n) is 18.3. The zero-order valence-electron chi connectivity index (χ0n) is 65.0. The van der Waals surface area contributed by atoms with E-state index in [1.165, 1.54) is 43.4 Å². The number of nitrogens with one attached hydrogen (secondary N) is 5. The first kappa shape index (κ1) is 88.5.